The Morgan fingerprint density at radius 3 is 2.35 bits per heavy atom. The van der Waals surface area contributed by atoms with Crippen molar-refractivity contribution in [2.24, 2.45) is 5.92 Å². The number of hydrogen-bond acceptors (Lipinski definition) is 5. The summed E-state index contributed by atoms with van der Waals surface area (Å²) in [6, 6.07) is 12.7. The van der Waals surface area contributed by atoms with Crippen LogP contribution in [-0.4, -0.2) is 72.5 Å². The van der Waals surface area contributed by atoms with Crippen LogP contribution >= 0.6 is 11.6 Å². The predicted molar refractivity (Wildman–Crippen MR) is 135 cm³/mol. The molecule has 0 bridgehead atoms. The number of benzene rings is 1. The molecule has 2 amide bonds. The highest BCUT2D eigenvalue weighted by atomic mass is 35.5. The van der Waals surface area contributed by atoms with E-state index in [1.165, 1.54) is 4.90 Å². The van der Waals surface area contributed by atoms with E-state index in [9.17, 15) is 14.7 Å². The Hall–Kier alpha value is -2.64. The normalized spacial score (nSPS) is 16.1. The zero-order valence-electron chi connectivity index (χ0n) is 20.5. The average molecular weight is 487 g/mol. The zero-order valence-corrected chi connectivity index (χ0v) is 21.3. The number of aromatic nitrogens is 1. The van der Waals surface area contributed by atoms with Crippen molar-refractivity contribution in [1.29, 1.82) is 0 Å². The predicted octanol–water partition coefficient (Wildman–Crippen LogP) is 3.80. The molecule has 0 saturated carbocycles. The molecule has 7 nitrogen and oxygen atoms in total. The van der Waals surface area contributed by atoms with Crippen LogP contribution in [0.15, 0.2) is 42.5 Å². The van der Waals surface area contributed by atoms with Crippen molar-refractivity contribution in [3.63, 3.8) is 0 Å². The molecular formula is C26H35ClN4O3. The number of carbonyl (C=O) groups is 2. The summed E-state index contributed by atoms with van der Waals surface area (Å²) in [6.07, 6.45) is 4.00. The Labute approximate surface area is 207 Å². The van der Waals surface area contributed by atoms with Gasteiger partial charge in [-0.3, -0.25) is 9.59 Å². The first-order chi connectivity index (χ1) is 16.1. The molecule has 1 aliphatic heterocycles. The smallest absolute Gasteiger partial charge is 0.258 e. The maximum absolute atomic E-state index is 12.8. The minimum absolute atomic E-state index is 0.156. The van der Waals surface area contributed by atoms with Gasteiger partial charge in [-0.2, -0.15) is 0 Å². The van der Waals surface area contributed by atoms with E-state index < -0.39 is 5.60 Å². The van der Waals surface area contributed by atoms with Crippen LogP contribution in [0.1, 0.15) is 48.5 Å². The van der Waals surface area contributed by atoms with Crippen molar-refractivity contribution < 1.29 is 14.7 Å². The first-order valence-electron chi connectivity index (χ1n) is 11.8. The minimum Gasteiger partial charge on any atom is -0.376 e. The lowest BCUT2D eigenvalue weighted by atomic mass is 9.91. The molecule has 0 aliphatic carbocycles. The van der Waals surface area contributed by atoms with Gasteiger partial charge in [0.15, 0.2) is 5.60 Å². The fraction of sp³-hybridized carbons (Fsp3) is 0.500. The first-order valence-corrected chi connectivity index (χ1v) is 12.2. The molecule has 184 valence electrons. The van der Waals surface area contributed by atoms with Crippen LogP contribution in [0, 0.1) is 5.92 Å². The van der Waals surface area contributed by atoms with Crippen LogP contribution < -0.4 is 4.90 Å². The molecule has 1 saturated heterocycles. The van der Waals surface area contributed by atoms with Crippen molar-refractivity contribution >= 4 is 29.2 Å². The van der Waals surface area contributed by atoms with E-state index in [-0.39, 0.29) is 17.0 Å². The maximum Gasteiger partial charge on any atom is 0.258 e. The van der Waals surface area contributed by atoms with Crippen LogP contribution in [0.5, 0.6) is 0 Å². The molecule has 1 atom stereocenters. The van der Waals surface area contributed by atoms with Gasteiger partial charge < -0.3 is 19.8 Å². The van der Waals surface area contributed by atoms with Crippen LogP contribution in [0.25, 0.3) is 0 Å². The van der Waals surface area contributed by atoms with Crippen molar-refractivity contribution in [3.05, 3.63) is 58.7 Å². The van der Waals surface area contributed by atoms with Gasteiger partial charge in [-0.05, 0) is 56.2 Å². The molecule has 0 spiro atoms. The van der Waals surface area contributed by atoms with Crippen molar-refractivity contribution in [3.8, 4) is 0 Å². The second-order valence-corrected chi connectivity index (χ2v) is 9.80. The molecule has 1 aromatic carbocycles. The number of aliphatic hydroxyl groups is 1. The quantitative estimate of drug-likeness (QED) is 0.574. The Balaban J connectivity index is 1.45. The van der Waals surface area contributed by atoms with Gasteiger partial charge in [-0.25, -0.2) is 4.98 Å². The van der Waals surface area contributed by atoms with E-state index in [0.29, 0.717) is 23.6 Å². The van der Waals surface area contributed by atoms with Crippen LogP contribution in [0.4, 0.5) is 5.82 Å². The highest BCUT2D eigenvalue weighted by molar-refractivity contribution is 6.32. The number of amides is 2. The average Bonchev–Trinajstić information content (AvgIpc) is 2.83. The van der Waals surface area contributed by atoms with Crippen LogP contribution in [-0.2, 0) is 10.4 Å². The second kappa shape index (κ2) is 11.2. The number of nitrogens with zero attached hydrogens (tertiary/aromatic N) is 4. The van der Waals surface area contributed by atoms with Crippen molar-refractivity contribution in [1.82, 2.24) is 14.8 Å². The zero-order chi connectivity index (χ0) is 24.9. The maximum atomic E-state index is 12.8. The molecular weight excluding hydrogens is 452 g/mol. The van der Waals surface area contributed by atoms with E-state index in [1.54, 1.807) is 51.2 Å². The summed E-state index contributed by atoms with van der Waals surface area (Å²) in [7, 11) is 5.13. The summed E-state index contributed by atoms with van der Waals surface area (Å²) < 4.78 is 0. The number of likely N-dealkylation sites (N-methyl/N-ethyl adjacent to an activating group) is 1. The molecule has 1 N–H and O–H groups in total. The monoisotopic (exact) mass is 486 g/mol. The molecule has 1 fully saturated rings. The molecule has 0 unspecified atom stereocenters. The lowest BCUT2D eigenvalue weighted by molar-refractivity contribution is -0.149. The Morgan fingerprint density at radius 2 is 1.76 bits per heavy atom. The van der Waals surface area contributed by atoms with Crippen LogP contribution in [0.3, 0.4) is 0 Å². The SMILES string of the molecule is CN(C)C(=O)c1ccc(N2CCC(CCCN(C)C(=O)[C@@](C)(O)c3ccccc3)CC2)nc1Cl. The van der Waals surface area contributed by atoms with E-state index >= 15 is 0 Å². The van der Waals surface area contributed by atoms with Crippen LogP contribution in [0.2, 0.25) is 5.15 Å². The standard InChI is InChI=1S/C26H35ClN4O3/c1-26(34,20-10-6-5-7-11-20)25(33)30(4)16-8-9-19-14-17-31(18-15-19)22-13-12-21(23(27)28-22)24(32)29(2)3/h5-7,10-13,19,34H,8-9,14-18H2,1-4H3/t26-/m0/s1. The fourth-order valence-corrected chi connectivity index (χ4v) is 4.66. The lowest BCUT2D eigenvalue weighted by Gasteiger charge is -2.33. The van der Waals surface area contributed by atoms with Gasteiger partial charge in [-0.15, -0.1) is 0 Å². The van der Waals surface area contributed by atoms with E-state index in [4.69, 9.17) is 11.6 Å². The van der Waals surface area contributed by atoms with Crippen molar-refractivity contribution in [2.75, 3.05) is 45.7 Å². The molecule has 3 rings (SSSR count). The Morgan fingerprint density at radius 1 is 1.12 bits per heavy atom. The number of carbonyl (C=O) groups excluding carboxylic acids is 2. The molecule has 1 aliphatic rings. The molecule has 2 heterocycles. The van der Waals surface area contributed by atoms with Gasteiger partial charge in [0, 0.05) is 40.8 Å². The number of anilines is 1. The van der Waals surface area contributed by atoms with E-state index in [1.807, 2.05) is 24.3 Å². The third kappa shape index (κ3) is 6.07. The summed E-state index contributed by atoms with van der Waals surface area (Å²) in [5.41, 5.74) is -0.509. The molecule has 2 aromatic rings. The molecule has 1 aromatic heterocycles. The molecule has 34 heavy (non-hydrogen) atoms. The van der Waals surface area contributed by atoms with E-state index in [0.717, 1.165) is 44.6 Å². The van der Waals surface area contributed by atoms with Gasteiger partial charge in [-0.1, -0.05) is 41.9 Å². The molecule has 8 heteroatoms. The Bertz CT molecular complexity index is 989. The summed E-state index contributed by atoms with van der Waals surface area (Å²) in [4.78, 5) is 34.7. The highest BCUT2D eigenvalue weighted by Gasteiger charge is 2.34. The van der Waals surface area contributed by atoms with Gasteiger partial charge in [0.2, 0.25) is 0 Å². The summed E-state index contributed by atoms with van der Waals surface area (Å²) in [6.45, 7) is 3.93. The second-order valence-electron chi connectivity index (χ2n) is 9.44. The highest BCUT2D eigenvalue weighted by Crippen LogP contribution is 2.28. The summed E-state index contributed by atoms with van der Waals surface area (Å²) in [5.74, 6) is 0.941. The number of pyridine rings is 1. The minimum atomic E-state index is -1.53. The third-order valence-electron chi connectivity index (χ3n) is 6.61. The first kappa shape index (κ1) is 26.0. The summed E-state index contributed by atoms with van der Waals surface area (Å²) in [5, 5.41) is 11.0. The Kier molecular flexibility index (Phi) is 8.55. The number of halogens is 1. The number of piperidine rings is 1. The summed E-state index contributed by atoms with van der Waals surface area (Å²) >= 11 is 6.28. The lowest BCUT2D eigenvalue weighted by Crippen LogP contribution is -2.43. The number of rotatable bonds is 8. The topological polar surface area (TPSA) is 77.0 Å². The van der Waals surface area contributed by atoms with E-state index in [2.05, 4.69) is 9.88 Å². The van der Waals surface area contributed by atoms with Gasteiger partial charge in [0.05, 0.1) is 5.56 Å². The number of hydrogen-bond donors (Lipinski definition) is 1. The third-order valence-corrected chi connectivity index (χ3v) is 6.90. The molecule has 0 radical (unpaired) electrons. The fourth-order valence-electron chi connectivity index (χ4n) is 4.43. The van der Waals surface area contributed by atoms with Crippen molar-refractivity contribution in [2.45, 2.75) is 38.2 Å². The largest absolute Gasteiger partial charge is 0.376 e. The van der Waals surface area contributed by atoms with Gasteiger partial charge >= 0.3 is 0 Å². The van der Waals surface area contributed by atoms with Gasteiger partial charge in [0.1, 0.15) is 11.0 Å². The van der Waals surface area contributed by atoms with Gasteiger partial charge in [0.25, 0.3) is 11.8 Å².